The molecular weight excluding hydrogens is 242 g/mol. The fourth-order valence-corrected chi connectivity index (χ4v) is 2.67. The Balaban J connectivity index is 1.84. The summed E-state index contributed by atoms with van der Waals surface area (Å²) in [5.74, 6) is 0.0475. The van der Waals surface area contributed by atoms with Crippen molar-refractivity contribution < 1.29 is 9.59 Å². The maximum Gasteiger partial charge on any atom is 0.254 e. The summed E-state index contributed by atoms with van der Waals surface area (Å²) in [5.41, 5.74) is 2.41. The fourth-order valence-electron chi connectivity index (χ4n) is 2.67. The van der Waals surface area contributed by atoms with Crippen LogP contribution in [0.15, 0.2) is 18.2 Å². The number of hydrogen-bond donors (Lipinski definition) is 2. The molecule has 0 aromatic heterocycles. The Morgan fingerprint density at radius 1 is 1.42 bits per heavy atom. The summed E-state index contributed by atoms with van der Waals surface area (Å²) < 4.78 is 0. The lowest BCUT2D eigenvalue weighted by atomic mass is 10.1. The smallest absolute Gasteiger partial charge is 0.254 e. The number of benzene rings is 1. The van der Waals surface area contributed by atoms with Crippen molar-refractivity contribution in [3.8, 4) is 0 Å². The Bertz CT molecular complexity index is 541. The van der Waals surface area contributed by atoms with Crippen LogP contribution >= 0.6 is 0 Å². The minimum Gasteiger partial charge on any atom is -0.333 e. The zero-order chi connectivity index (χ0) is 13.4. The SMILES string of the molecule is C[C@@H]1CNCCN1C(=O)c1ccc2c(c1)CC(=O)N2. The van der Waals surface area contributed by atoms with Gasteiger partial charge < -0.3 is 15.5 Å². The largest absolute Gasteiger partial charge is 0.333 e. The van der Waals surface area contributed by atoms with Crippen LogP contribution in [0.1, 0.15) is 22.8 Å². The molecule has 0 aliphatic carbocycles. The lowest BCUT2D eigenvalue weighted by Gasteiger charge is -2.34. The minimum absolute atomic E-state index is 0.00450. The van der Waals surface area contributed by atoms with Crippen LogP contribution in [0.4, 0.5) is 5.69 Å². The summed E-state index contributed by atoms with van der Waals surface area (Å²) in [5, 5.41) is 6.05. The van der Waals surface area contributed by atoms with Crippen LogP contribution < -0.4 is 10.6 Å². The van der Waals surface area contributed by atoms with Crippen molar-refractivity contribution in [3.05, 3.63) is 29.3 Å². The Kier molecular flexibility index (Phi) is 2.98. The average molecular weight is 259 g/mol. The Morgan fingerprint density at radius 3 is 3.05 bits per heavy atom. The second-order valence-electron chi connectivity index (χ2n) is 5.15. The molecule has 0 radical (unpaired) electrons. The standard InChI is InChI=1S/C14H17N3O2/c1-9-8-15-4-5-17(9)14(19)10-2-3-12-11(6-10)7-13(18)16-12/h2-3,6,9,15H,4-5,7-8H2,1H3,(H,16,18)/t9-/m1/s1. The molecule has 0 bridgehead atoms. The van der Waals surface area contributed by atoms with E-state index in [1.165, 1.54) is 0 Å². The highest BCUT2D eigenvalue weighted by atomic mass is 16.2. The molecular formula is C14H17N3O2. The summed E-state index contributed by atoms with van der Waals surface area (Å²) >= 11 is 0. The van der Waals surface area contributed by atoms with Crippen molar-refractivity contribution in [2.45, 2.75) is 19.4 Å². The highest BCUT2D eigenvalue weighted by Gasteiger charge is 2.25. The van der Waals surface area contributed by atoms with E-state index in [0.717, 1.165) is 30.9 Å². The van der Waals surface area contributed by atoms with E-state index >= 15 is 0 Å². The number of fused-ring (bicyclic) bond motifs is 1. The number of hydrogen-bond acceptors (Lipinski definition) is 3. The first-order valence-corrected chi connectivity index (χ1v) is 6.59. The quantitative estimate of drug-likeness (QED) is 0.777. The van der Waals surface area contributed by atoms with Gasteiger partial charge in [0.1, 0.15) is 0 Å². The number of piperazine rings is 1. The van der Waals surface area contributed by atoms with E-state index in [1.54, 1.807) is 6.07 Å². The molecule has 3 rings (SSSR count). The molecule has 2 aliphatic heterocycles. The Hall–Kier alpha value is -1.88. The Labute approximate surface area is 112 Å². The van der Waals surface area contributed by atoms with Crippen molar-refractivity contribution in [1.82, 2.24) is 10.2 Å². The highest BCUT2D eigenvalue weighted by molar-refractivity contribution is 6.01. The van der Waals surface area contributed by atoms with Gasteiger partial charge in [-0.2, -0.15) is 0 Å². The van der Waals surface area contributed by atoms with E-state index in [1.807, 2.05) is 24.0 Å². The fraction of sp³-hybridized carbons (Fsp3) is 0.429. The monoisotopic (exact) mass is 259 g/mol. The van der Waals surface area contributed by atoms with Crippen LogP contribution in [0.2, 0.25) is 0 Å². The lowest BCUT2D eigenvalue weighted by Crippen LogP contribution is -2.52. The summed E-state index contributed by atoms with van der Waals surface area (Å²) in [7, 11) is 0. The third kappa shape index (κ3) is 2.21. The molecule has 2 N–H and O–H groups in total. The lowest BCUT2D eigenvalue weighted by molar-refractivity contribution is -0.115. The zero-order valence-corrected chi connectivity index (χ0v) is 10.9. The summed E-state index contributed by atoms with van der Waals surface area (Å²) in [6, 6.07) is 5.65. The maximum absolute atomic E-state index is 12.5. The predicted molar refractivity (Wildman–Crippen MR) is 72.1 cm³/mol. The summed E-state index contributed by atoms with van der Waals surface area (Å²) in [6.45, 7) is 4.44. The van der Waals surface area contributed by atoms with E-state index in [9.17, 15) is 9.59 Å². The first-order valence-electron chi connectivity index (χ1n) is 6.59. The molecule has 2 aliphatic rings. The predicted octanol–water partition coefficient (Wildman–Crippen LogP) is 0.615. The normalized spacial score (nSPS) is 22.1. The second kappa shape index (κ2) is 4.66. The first kappa shape index (κ1) is 12.2. The molecule has 1 fully saturated rings. The van der Waals surface area contributed by atoms with Gasteiger partial charge in [0.25, 0.3) is 5.91 Å². The molecule has 5 nitrogen and oxygen atoms in total. The van der Waals surface area contributed by atoms with Gasteiger partial charge in [0.15, 0.2) is 0 Å². The van der Waals surface area contributed by atoms with Crippen LogP contribution in [0.25, 0.3) is 0 Å². The molecule has 100 valence electrons. The molecule has 1 aromatic rings. The van der Waals surface area contributed by atoms with E-state index < -0.39 is 0 Å². The van der Waals surface area contributed by atoms with Crippen molar-refractivity contribution in [2.75, 3.05) is 25.0 Å². The first-order chi connectivity index (χ1) is 9.15. The molecule has 0 saturated carbocycles. The number of anilines is 1. The van der Waals surface area contributed by atoms with E-state index in [2.05, 4.69) is 10.6 Å². The van der Waals surface area contributed by atoms with Gasteiger partial charge in [0.05, 0.1) is 6.42 Å². The van der Waals surface area contributed by atoms with Crippen LogP contribution in [-0.2, 0) is 11.2 Å². The van der Waals surface area contributed by atoms with Gasteiger partial charge in [0.2, 0.25) is 5.91 Å². The van der Waals surface area contributed by atoms with Crippen molar-refractivity contribution in [3.63, 3.8) is 0 Å². The molecule has 1 saturated heterocycles. The van der Waals surface area contributed by atoms with Gasteiger partial charge in [-0.1, -0.05) is 0 Å². The number of amides is 2. The van der Waals surface area contributed by atoms with Gasteiger partial charge in [-0.3, -0.25) is 9.59 Å². The molecule has 19 heavy (non-hydrogen) atoms. The third-order valence-electron chi connectivity index (χ3n) is 3.74. The molecule has 2 amide bonds. The maximum atomic E-state index is 12.5. The van der Waals surface area contributed by atoms with Gasteiger partial charge in [-0.25, -0.2) is 0 Å². The Morgan fingerprint density at radius 2 is 2.26 bits per heavy atom. The van der Waals surface area contributed by atoms with E-state index in [0.29, 0.717) is 12.0 Å². The van der Waals surface area contributed by atoms with Crippen LogP contribution in [0.5, 0.6) is 0 Å². The molecule has 5 heteroatoms. The minimum atomic E-state index is -0.00450. The number of nitrogens with zero attached hydrogens (tertiary/aromatic N) is 1. The summed E-state index contributed by atoms with van der Waals surface area (Å²) in [6.07, 6.45) is 0.369. The number of carbonyl (C=O) groups excluding carboxylic acids is 2. The topological polar surface area (TPSA) is 61.4 Å². The molecule has 1 aromatic carbocycles. The van der Waals surface area contributed by atoms with Gasteiger partial charge >= 0.3 is 0 Å². The molecule has 1 atom stereocenters. The van der Waals surface area contributed by atoms with Crippen LogP contribution in [0.3, 0.4) is 0 Å². The van der Waals surface area contributed by atoms with E-state index in [4.69, 9.17) is 0 Å². The van der Waals surface area contributed by atoms with Crippen molar-refractivity contribution in [2.24, 2.45) is 0 Å². The van der Waals surface area contributed by atoms with Crippen LogP contribution in [-0.4, -0.2) is 42.4 Å². The van der Waals surface area contributed by atoms with E-state index in [-0.39, 0.29) is 17.9 Å². The number of nitrogens with one attached hydrogen (secondary N) is 2. The molecule has 0 spiro atoms. The highest BCUT2D eigenvalue weighted by Crippen LogP contribution is 2.24. The van der Waals surface area contributed by atoms with Crippen molar-refractivity contribution in [1.29, 1.82) is 0 Å². The van der Waals surface area contributed by atoms with Gasteiger partial charge in [-0.05, 0) is 30.7 Å². The van der Waals surface area contributed by atoms with Crippen molar-refractivity contribution >= 4 is 17.5 Å². The van der Waals surface area contributed by atoms with Crippen LogP contribution in [0, 0.1) is 0 Å². The average Bonchev–Trinajstić information content (AvgIpc) is 2.77. The third-order valence-corrected chi connectivity index (χ3v) is 3.74. The summed E-state index contributed by atoms with van der Waals surface area (Å²) in [4.78, 5) is 25.7. The molecule has 2 heterocycles. The second-order valence-corrected chi connectivity index (χ2v) is 5.15. The zero-order valence-electron chi connectivity index (χ0n) is 10.9. The van der Waals surface area contributed by atoms with Gasteiger partial charge in [-0.15, -0.1) is 0 Å². The van der Waals surface area contributed by atoms with Gasteiger partial charge in [0, 0.05) is 36.9 Å². The number of carbonyl (C=O) groups is 2. The number of rotatable bonds is 1. The molecule has 0 unspecified atom stereocenters.